The zero-order chi connectivity index (χ0) is 16.7. The smallest absolute Gasteiger partial charge is 0.311 e. The molecule has 0 amide bonds. The summed E-state index contributed by atoms with van der Waals surface area (Å²) >= 11 is 5.09. The van der Waals surface area contributed by atoms with Crippen LogP contribution in [0.25, 0.3) is 0 Å². The fourth-order valence-electron chi connectivity index (χ4n) is 1.78. The third-order valence-corrected chi connectivity index (χ3v) is 3.00. The van der Waals surface area contributed by atoms with Crippen molar-refractivity contribution < 1.29 is 9.66 Å². The van der Waals surface area contributed by atoms with Crippen molar-refractivity contribution >= 4 is 34.9 Å². The van der Waals surface area contributed by atoms with Gasteiger partial charge in [0.05, 0.1) is 18.2 Å². The highest BCUT2D eigenvalue weighted by molar-refractivity contribution is 7.80. The maximum atomic E-state index is 11.0. The maximum Gasteiger partial charge on any atom is 0.311 e. The van der Waals surface area contributed by atoms with Crippen molar-refractivity contribution in [2.45, 2.75) is 0 Å². The van der Waals surface area contributed by atoms with Gasteiger partial charge in [0.1, 0.15) is 0 Å². The number of hydrogen-bond donors (Lipinski definition) is 2. The van der Waals surface area contributed by atoms with Crippen LogP contribution in [0.15, 0.2) is 53.6 Å². The number of para-hydroxylation sites is 1. The maximum absolute atomic E-state index is 11.0. The second-order valence-corrected chi connectivity index (χ2v) is 4.79. The summed E-state index contributed by atoms with van der Waals surface area (Å²) in [4.78, 5) is 10.4. The van der Waals surface area contributed by atoms with Crippen LogP contribution in [0.1, 0.15) is 5.56 Å². The lowest BCUT2D eigenvalue weighted by atomic mass is 10.2. The molecule has 2 aromatic rings. The van der Waals surface area contributed by atoms with Crippen molar-refractivity contribution in [1.82, 2.24) is 5.43 Å². The Labute approximate surface area is 138 Å². The molecule has 2 rings (SSSR count). The summed E-state index contributed by atoms with van der Waals surface area (Å²) in [5.74, 6) is 0.196. The molecule has 0 aliphatic carbocycles. The molecular formula is C15H14N4O3S. The first-order chi connectivity index (χ1) is 11.1. The van der Waals surface area contributed by atoms with E-state index in [1.807, 2.05) is 30.3 Å². The Bertz CT molecular complexity index is 735. The molecule has 8 heteroatoms. The SMILES string of the molecule is COc1ccc(/C=N\NC(=S)Nc2ccccc2)cc1[N+](=O)[O-]. The van der Waals surface area contributed by atoms with Crippen LogP contribution in [0.5, 0.6) is 5.75 Å². The van der Waals surface area contributed by atoms with Crippen molar-refractivity contribution in [3.63, 3.8) is 0 Å². The number of thiocarbonyl (C=S) groups is 1. The van der Waals surface area contributed by atoms with Crippen molar-refractivity contribution in [2.75, 3.05) is 12.4 Å². The number of nitrogens with one attached hydrogen (secondary N) is 2. The molecule has 7 nitrogen and oxygen atoms in total. The summed E-state index contributed by atoms with van der Waals surface area (Å²) in [7, 11) is 1.38. The standard InChI is InChI=1S/C15H14N4O3S/c1-22-14-8-7-11(9-13(14)19(20)21)10-16-18-15(23)17-12-5-3-2-4-6-12/h2-10H,1H3,(H2,17,18,23)/b16-10-. The number of benzene rings is 2. The fraction of sp³-hybridized carbons (Fsp3) is 0.0667. The second-order valence-electron chi connectivity index (χ2n) is 4.38. The second kappa shape index (κ2) is 7.85. The Hall–Kier alpha value is -3.00. The van der Waals surface area contributed by atoms with Crippen molar-refractivity contribution in [3.05, 3.63) is 64.2 Å². The Morgan fingerprint density at radius 1 is 1.30 bits per heavy atom. The summed E-state index contributed by atoms with van der Waals surface area (Å²) in [5.41, 5.74) is 3.90. The van der Waals surface area contributed by atoms with Gasteiger partial charge >= 0.3 is 5.69 Å². The number of hydrogen-bond acceptors (Lipinski definition) is 5. The van der Waals surface area contributed by atoms with Crippen molar-refractivity contribution in [3.8, 4) is 5.75 Å². The van der Waals surface area contributed by atoms with Crippen LogP contribution in [0.2, 0.25) is 0 Å². The van der Waals surface area contributed by atoms with E-state index in [-0.39, 0.29) is 11.4 Å². The van der Waals surface area contributed by atoms with Gasteiger partial charge in [0.15, 0.2) is 10.9 Å². The Kier molecular flexibility index (Phi) is 5.59. The summed E-state index contributed by atoms with van der Waals surface area (Å²) in [6, 6.07) is 13.9. The number of nitrogens with zero attached hydrogens (tertiary/aromatic N) is 2. The minimum absolute atomic E-state index is 0.124. The lowest BCUT2D eigenvalue weighted by molar-refractivity contribution is -0.385. The molecule has 118 valence electrons. The predicted octanol–water partition coefficient (Wildman–Crippen LogP) is 2.92. The number of ether oxygens (including phenoxy) is 1. The van der Waals surface area contributed by atoms with Crippen LogP contribution >= 0.6 is 12.2 Å². The quantitative estimate of drug-likeness (QED) is 0.379. The van der Waals surface area contributed by atoms with E-state index in [1.165, 1.54) is 25.5 Å². The molecule has 0 unspecified atom stereocenters. The summed E-state index contributed by atoms with van der Waals surface area (Å²) in [6.07, 6.45) is 1.44. The first-order valence-corrected chi connectivity index (χ1v) is 6.98. The molecule has 0 aliphatic rings. The van der Waals surface area contributed by atoms with Gasteiger partial charge in [-0.15, -0.1) is 0 Å². The van der Waals surface area contributed by atoms with Crippen LogP contribution in [0.4, 0.5) is 11.4 Å². The number of methoxy groups -OCH3 is 1. The van der Waals surface area contributed by atoms with Gasteiger partial charge in [-0.1, -0.05) is 18.2 Å². The minimum Gasteiger partial charge on any atom is -0.490 e. The molecule has 0 fully saturated rings. The highest BCUT2D eigenvalue weighted by Crippen LogP contribution is 2.26. The van der Waals surface area contributed by atoms with Crippen LogP contribution in [0.3, 0.4) is 0 Å². The van der Waals surface area contributed by atoms with Crippen LogP contribution in [0, 0.1) is 10.1 Å². The average molecular weight is 330 g/mol. The minimum atomic E-state index is -0.509. The van der Waals surface area contributed by atoms with Gasteiger partial charge in [-0.05, 0) is 36.5 Å². The van der Waals surface area contributed by atoms with Gasteiger partial charge in [-0.25, -0.2) is 0 Å². The molecule has 23 heavy (non-hydrogen) atoms. The van der Waals surface area contributed by atoms with Gasteiger partial charge in [0.2, 0.25) is 0 Å². The Morgan fingerprint density at radius 3 is 2.70 bits per heavy atom. The highest BCUT2D eigenvalue weighted by Gasteiger charge is 2.14. The molecule has 0 saturated heterocycles. The lowest BCUT2D eigenvalue weighted by Crippen LogP contribution is -2.23. The van der Waals surface area contributed by atoms with E-state index in [1.54, 1.807) is 6.07 Å². The lowest BCUT2D eigenvalue weighted by Gasteiger charge is -2.06. The van der Waals surface area contributed by atoms with E-state index in [2.05, 4.69) is 15.8 Å². The monoisotopic (exact) mass is 330 g/mol. The van der Waals surface area contributed by atoms with Gasteiger partial charge in [0, 0.05) is 17.3 Å². The van der Waals surface area contributed by atoms with Crippen molar-refractivity contribution in [1.29, 1.82) is 0 Å². The summed E-state index contributed by atoms with van der Waals surface area (Å²) in [6.45, 7) is 0. The third kappa shape index (κ3) is 4.75. The van der Waals surface area contributed by atoms with Gasteiger partial charge in [-0.2, -0.15) is 5.10 Å². The number of nitro groups is 1. The summed E-state index contributed by atoms with van der Waals surface area (Å²) < 4.78 is 4.94. The Morgan fingerprint density at radius 2 is 2.04 bits per heavy atom. The van der Waals surface area contributed by atoms with E-state index in [0.29, 0.717) is 10.7 Å². The molecule has 0 bridgehead atoms. The predicted molar refractivity (Wildman–Crippen MR) is 93.0 cm³/mol. The molecule has 2 aromatic carbocycles. The summed E-state index contributed by atoms with van der Waals surface area (Å²) in [5, 5.41) is 18.2. The molecule has 0 heterocycles. The van der Waals surface area contributed by atoms with E-state index < -0.39 is 4.92 Å². The van der Waals surface area contributed by atoms with Gasteiger partial charge < -0.3 is 10.1 Å². The molecule has 2 N–H and O–H groups in total. The zero-order valence-electron chi connectivity index (χ0n) is 12.2. The average Bonchev–Trinajstić information content (AvgIpc) is 2.55. The van der Waals surface area contributed by atoms with E-state index >= 15 is 0 Å². The number of rotatable bonds is 5. The highest BCUT2D eigenvalue weighted by atomic mass is 32.1. The van der Waals surface area contributed by atoms with Crippen LogP contribution in [-0.2, 0) is 0 Å². The van der Waals surface area contributed by atoms with Gasteiger partial charge in [0.25, 0.3) is 0 Å². The normalized spacial score (nSPS) is 10.3. The Balaban J connectivity index is 1.99. The van der Waals surface area contributed by atoms with Crippen molar-refractivity contribution in [2.24, 2.45) is 5.10 Å². The van der Waals surface area contributed by atoms with E-state index in [0.717, 1.165) is 5.69 Å². The van der Waals surface area contributed by atoms with E-state index in [9.17, 15) is 10.1 Å². The molecule has 0 spiro atoms. The largest absolute Gasteiger partial charge is 0.490 e. The van der Waals surface area contributed by atoms with Crippen LogP contribution < -0.4 is 15.5 Å². The number of anilines is 1. The zero-order valence-corrected chi connectivity index (χ0v) is 13.0. The molecule has 0 saturated carbocycles. The first-order valence-electron chi connectivity index (χ1n) is 6.57. The van der Waals surface area contributed by atoms with Crippen LogP contribution in [-0.4, -0.2) is 23.4 Å². The molecule has 0 atom stereocenters. The van der Waals surface area contributed by atoms with Gasteiger partial charge in [-0.3, -0.25) is 15.5 Å². The third-order valence-electron chi connectivity index (χ3n) is 2.81. The number of hydrazone groups is 1. The fourth-order valence-corrected chi connectivity index (χ4v) is 1.95. The van der Waals surface area contributed by atoms with E-state index in [4.69, 9.17) is 17.0 Å². The molecular weight excluding hydrogens is 316 g/mol. The molecule has 0 radical (unpaired) electrons. The first kappa shape index (κ1) is 16.4. The number of nitro benzene ring substituents is 1. The molecule has 0 aliphatic heterocycles. The topological polar surface area (TPSA) is 88.8 Å². The molecule has 0 aromatic heterocycles.